The molecule has 2 aliphatic rings. The molecular formula is C16H15N3O2. The Bertz CT molecular complexity index is 846. The van der Waals surface area contributed by atoms with E-state index in [1.807, 2.05) is 36.4 Å². The first-order chi connectivity index (χ1) is 10.3. The maximum Gasteiger partial charge on any atom is 0.271 e. The van der Waals surface area contributed by atoms with Crippen molar-refractivity contribution in [2.75, 3.05) is 13.2 Å². The maximum atomic E-state index is 12.0. The van der Waals surface area contributed by atoms with Gasteiger partial charge < -0.3 is 9.84 Å². The Kier molecular flexibility index (Phi) is 2.86. The number of fused-ring (bicyclic) bond motifs is 1. The highest BCUT2D eigenvalue weighted by Gasteiger charge is 2.23. The van der Waals surface area contributed by atoms with Crippen LogP contribution in [0.1, 0.15) is 23.6 Å². The number of H-pyrrole nitrogens is 2. The van der Waals surface area contributed by atoms with Crippen LogP contribution in [0.25, 0.3) is 12.2 Å². The third-order valence-electron chi connectivity index (χ3n) is 3.97. The maximum absolute atomic E-state index is 12.0. The van der Waals surface area contributed by atoms with Gasteiger partial charge in [-0.3, -0.25) is 9.89 Å². The van der Waals surface area contributed by atoms with E-state index in [1.54, 1.807) is 0 Å². The number of aromatic nitrogens is 2. The van der Waals surface area contributed by atoms with E-state index in [9.17, 15) is 4.79 Å². The number of nitrogens with zero attached hydrogens (tertiary/aromatic N) is 1. The highest BCUT2D eigenvalue weighted by atomic mass is 16.5. The van der Waals surface area contributed by atoms with Gasteiger partial charge in [0.2, 0.25) is 0 Å². The second-order valence-corrected chi connectivity index (χ2v) is 5.35. The molecule has 0 saturated carbocycles. The molecule has 106 valence electrons. The molecule has 0 bridgehead atoms. The molecule has 2 N–H and O–H groups in total. The quantitative estimate of drug-likeness (QED) is 0.849. The predicted octanol–water partition coefficient (Wildman–Crippen LogP) is 0.662. The van der Waals surface area contributed by atoms with E-state index >= 15 is 0 Å². The molecule has 0 aliphatic carbocycles. The first kappa shape index (κ1) is 12.3. The van der Waals surface area contributed by atoms with Gasteiger partial charge in [0.05, 0.1) is 23.2 Å². The second kappa shape index (κ2) is 4.86. The van der Waals surface area contributed by atoms with E-state index in [1.165, 1.54) is 0 Å². The molecule has 2 aliphatic heterocycles. The number of hydrogen-bond donors (Lipinski definition) is 2. The normalized spacial score (nSPS) is 22.1. The molecule has 5 heteroatoms. The molecule has 1 fully saturated rings. The summed E-state index contributed by atoms with van der Waals surface area (Å²) in [5.74, 6) is 0.250. The van der Waals surface area contributed by atoms with Crippen molar-refractivity contribution in [3.63, 3.8) is 0 Å². The molecule has 1 unspecified atom stereocenters. The summed E-state index contributed by atoms with van der Waals surface area (Å²) in [5.41, 5.74) is 2.28. The van der Waals surface area contributed by atoms with Crippen molar-refractivity contribution in [2.45, 2.75) is 12.3 Å². The average Bonchev–Trinajstić information content (AvgIpc) is 3.19. The monoisotopic (exact) mass is 281 g/mol. The topological polar surface area (TPSA) is 70.2 Å². The highest BCUT2D eigenvalue weighted by Crippen LogP contribution is 2.26. The van der Waals surface area contributed by atoms with Gasteiger partial charge in [0.15, 0.2) is 0 Å². The second-order valence-electron chi connectivity index (χ2n) is 5.35. The lowest BCUT2D eigenvalue weighted by Gasteiger charge is -2.05. The van der Waals surface area contributed by atoms with Gasteiger partial charge in [0.25, 0.3) is 5.56 Å². The zero-order valence-corrected chi connectivity index (χ0v) is 11.4. The van der Waals surface area contributed by atoms with Crippen LogP contribution in [0.4, 0.5) is 0 Å². The van der Waals surface area contributed by atoms with Crippen molar-refractivity contribution in [1.29, 1.82) is 0 Å². The van der Waals surface area contributed by atoms with E-state index < -0.39 is 0 Å². The van der Waals surface area contributed by atoms with Gasteiger partial charge in [-0.2, -0.15) is 0 Å². The molecular weight excluding hydrogens is 266 g/mol. The molecule has 5 nitrogen and oxygen atoms in total. The molecule has 3 heterocycles. The zero-order chi connectivity index (χ0) is 14.2. The Labute approximate surface area is 120 Å². The summed E-state index contributed by atoms with van der Waals surface area (Å²) in [6, 6.07) is 7.94. The number of rotatable bonds is 2. The molecule has 1 saturated heterocycles. The van der Waals surface area contributed by atoms with Gasteiger partial charge >= 0.3 is 0 Å². The third kappa shape index (κ3) is 2.15. The molecule has 0 radical (unpaired) electrons. The lowest BCUT2D eigenvalue weighted by molar-refractivity contribution is 0.193. The smallest absolute Gasteiger partial charge is 0.271 e. The van der Waals surface area contributed by atoms with Crippen molar-refractivity contribution in [3.05, 3.63) is 62.1 Å². The molecule has 21 heavy (non-hydrogen) atoms. The van der Waals surface area contributed by atoms with E-state index in [0.29, 0.717) is 12.2 Å². The Morgan fingerprint density at radius 3 is 3.00 bits per heavy atom. The Balaban J connectivity index is 1.79. The van der Waals surface area contributed by atoms with Gasteiger partial charge in [-0.1, -0.05) is 18.2 Å². The van der Waals surface area contributed by atoms with Crippen LogP contribution in [0.3, 0.4) is 0 Å². The van der Waals surface area contributed by atoms with Crippen molar-refractivity contribution >= 4 is 12.2 Å². The van der Waals surface area contributed by atoms with Crippen LogP contribution in [-0.4, -0.2) is 23.4 Å². The molecule has 1 atom stereocenters. The number of ether oxygens (including phenoxy) is 1. The summed E-state index contributed by atoms with van der Waals surface area (Å²) in [5, 5.41) is 7.70. The summed E-state index contributed by atoms with van der Waals surface area (Å²) >= 11 is 0. The molecule has 4 rings (SSSR count). The summed E-state index contributed by atoms with van der Waals surface area (Å²) < 4.78 is 5.41. The largest absolute Gasteiger partial charge is 0.381 e. The number of allylic oxidation sites excluding steroid dienone is 1. The minimum Gasteiger partial charge on any atom is -0.381 e. The van der Waals surface area contributed by atoms with Crippen molar-refractivity contribution < 1.29 is 4.74 Å². The number of hydrogen-bond acceptors (Lipinski definition) is 3. The van der Waals surface area contributed by atoms with Gasteiger partial charge in [0, 0.05) is 23.4 Å². The number of aromatic amines is 2. The SMILES string of the molecule is O=c1[nH][nH]c(C2CCOC2)c1C=C1C=c2ccccc2=N1. The third-order valence-corrected chi connectivity index (χ3v) is 3.97. The molecule has 0 amide bonds. The van der Waals surface area contributed by atoms with Crippen LogP contribution < -0.4 is 16.1 Å². The van der Waals surface area contributed by atoms with E-state index in [-0.39, 0.29) is 11.5 Å². The lowest BCUT2D eigenvalue weighted by atomic mass is 10.0. The van der Waals surface area contributed by atoms with Crippen LogP contribution in [0, 0.1) is 0 Å². The zero-order valence-electron chi connectivity index (χ0n) is 11.4. The van der Waals surface area contributed by atoms with Crippen LogP contribution in [-0.2, 0) is 4.74 Å². The molecule has 0 spiro atoms. The Morgan fingerprint density at radius 2 is 2.19 bits per heavy atom. The lowest BCUT2D eigenvalue weighted by Crippen LogP contribution is -2.19. The molecule has 2 aromatic rings. The van der Waals surface area contributed by atoms with Crippen molar-refractivity contribution in [3.8, 4) is 0 Å². The summed E-state index contributed by atoms with van der Waals surface area (Å²) in [6.45, 7) is 1.40. The summed E-state index contributed by atoms with van der Waals surface area (Å²) in [4.78, 5) is 16.6. The average molecular weight is 281 g/mol. The number of para-hydroxylation sites is 1. The minimum absolute atomic E-state index is 0.107. The Hall–Kier alpha value is -2.40. The fourth-order valence-corrected chi connectivity index (χ4v) is 2.87. The summed E-state index contributed by atoms with van der Waals surface area (Å²) in [7, 11) is 0. The molecule has 1 aromatic carbocycles. The van der Waals surface area contributed by atoms with Crippen LogP contribution in [0.5, 0.6) is 0 Å². The molecule has 1 aromatic heterocycles. The van der Waals surface area contributed by atoms with Gasteiger partial charge in [-0.05, 0) is 24.6 Å². The van der Waals surface area contributed by atoms with E-state index in [0.717, 1.165) is 35.0 Å². The fraction of sp³-hybridized carbons (Fsp3) is 0.250. The minimum atomic E-state index is -0.107. The van der Waals surface area contributed by atoms with E-state index in [4.69, 9.17) is 4.74 Å². The summed E-state index contributed by atoms with van der Waals surface area (Å²) in [6.07, 6.45) is 4.78. The van der Waals surface area contributed by atoms with Gasteiger partial charge in [-0.25, -0.2) is 4.99 Å². The van der Waals surface area contributed by atoms with Crippen LogP contribution >= 0.6 is 0 Å². The van der Waals surface area contributed by atoms with Gasteiger partial charge in [0.1, 0.15) is 0 Å². The van der Waals surface area contributed by atoms with Crippen molar-refractivity contribution in [2.24, 2.45) is 4.99 Å². The van der Waals surface area contributed by atoms with Gasteiger partial charge in [-0.15, -0.1) is 0 Å². The van der Waals surface area contributed by atoms with Crippen LogP contribution in [0.2, 0.25) is 0 Å². The first-order valence-electron chi connectivity index (χ1n) is 7.07. The highest BCUT2D eigenvalue weighted by molar-refractivity contribution is 5.66. The van der Waals surface area contributed by atoms with E-state index in [2.05, 4.69) is 15.2 Å². The fourth-order valence-electron chi connectivity index (χ4n) is 2.87. The predicted molar refractivity (Wildman–Crippen MR) is 79.3 cm³/mol. The number of nitrogens with one attached hydrogen (secondary N) is 2. The first-order valence-corrected chi connectivity index (χ1v) is 7.07. The van der Waals surface area contributed by atoms with Crippen LogP contribution in [0.15, 0.2) is 39.7 Å². The standard InChI is InChI=1S/C16H15N3O2/c20-16-13(15(18-19-16)11-5-6-21-9-11)8-12-7-10-3-1-2-4-14(10)17-12/h1-4,7-8,11H,5-6,9H2,(H2,18,19,20). The number of benzene rings is 1. The van der Waals surface area contributed by atoms with Crippen molar-refractivity contribution in [1.82, 2.24) is 10.2 Å². The Morgan fingerprint density at radius 1 is 1.29 bits per heavy atom.